The maximum atomic E-state index is 12.7. The highest BCUT2D eigenvalue weighted by Crippen LogP contribution is 2.33. The zero-order valence-corrected chi connectivity index (χ0v) is 65.8. The van der Waals surface area contributed by atoms with Crippen molar-refractivity contribution >= 4 is 93.1 Å². The maximum Gasteiger partial charge on any atom is 0.325 e. The molecule has 24 nitrogen and oxygen atoms in total. The molecule has 4 fully saturated rings. The summed E-state index contributed by atoms with van der Waals surface area (Å²) in [5, 5.41) is 30.6. The highest BCUT2D eigenvalue weighted by Gasteiger charge is 2.47. The van der Waals surface area contributed by atoms with Crippen molar-refractivity contribution in [2.45, 2.75) is 169 Å². The molecule has 4 saturated heterocycles. The fourth-order valence-electron chi connectivity index (χ4n) is 12.9. The molecule has 576 valence electrons. The second-order valence-corrected chi connectivity index (χ2v) is 31.5. The molecule has 0 bridgehead atoms. The van der Waals surface area contributed by atoms with Gasteiger partial charge in [-0.3, -0.25) is 38.4 Å². The number of aromatic nitrogens is 4. The third kappa shape index (κ3) is 23.0. The molecule has 0 amide bonds. The number of nitrogens with zero attached hydrogens (tertiary/aromatic N) is 8. The van der Waals surface area contributed by atoms with Crippen LogP contribution in [0, 0.1) is 23.7 Å². The molecule has 4 aliphatic rings. The van der Waals surface area contributed by atoms with E-state index in [0.717, 1.165) is 59.4 Å². The van der Waals surface area contributed by atoms with E-state index in [9.17, 15) is 48.6 Å². The lowest BCUT2D eigenvalue weighted by atomic mass is 10.0. The summed E-state index contributed by atoms with van der Waals surface area (Å²) in [5.41, 5.74) is 7.25. The Morgan fingerprint density at radius 3 is 1.00 bits per heavy atom. The molecular formula is C80H96N8O16S4. The Hall–Kier alpha value is -9.00. The van der Waals surface area contributed by atoms with Crippen LogP contribution >= 0.6 is 45.3 Å². The summed E-state index contributed by atoms with van der Waals surface area (Å²) >= 11 is 6.10. The average molecular weight is 1550 g/mol. The number of hydrogen-bond donors (Lipinski definition) is 2. The van der Waals surface area contributed by atoms with Crippen molar-refractivity contribution in [1.82, 2.24) is 39.5 Å². The fourth-order valence-corrected chi connectivity index (χ4v) is 16.2. The van der Waals surface area contributed by atoms with Crippen molar-refractivity contribution < 1.29 is 77.0 Å². The SMILES string of the molecule is CC(C)C[C@@H](C(=O)O)N1COC(=O)[C@@H]1Cc1csc(-c2ccccc2)n1.CC(C)C[C@H]1C(=O)OCN1[C@@H](Cc1csc(-c2ccccc2)n1)C(=O)O.CCOC(=O)[C@H](CC(C)C)N1COC(=O)[C@@H]1Cc1csc(-c2ccccc2)n1.CCOC(=O)[C@H](Cc1csc(-c2ccccc2)n1)N1COC(=O)[C@@H]1CC(C)C. The summed E-state index contributed by atoms with van der Waals surface area (Å²) in [6, 6.07) is 34.7. The quantitative estimate of drug-likeness (QED) is 0.0312. The Bertz CT molecular complexity index is 4230. The predicted molar refractivity (Wildman–Crippen MR) is 413 cm³/mol. The summed E-state index contributed by atoms with van der Waals surface area (Å²) < 4.78 is 31.4. The van der Waals surface area contributed by atoms with Gasteiger partial charge < -0.3 is 38.6 Å². The second-order valence-electron chi connectivity index (χ2n) is 28.1. The number of hydrogen-bond acceptors (Lipinski definition) is 26. The molecule has 12 rings (SSSR count). The van der Waals surface area contributed by atoms with Crippen molar-refractivity contribution in [2.75, 3.05) is 40.1 Å². The Morgan fingerprint density at radius 2 is 0.676 bits per heavy atom. The molecule has 0 radical (unpaired) electrons. The van der Waals surface area contributed by atoms with Crippen LogP contribution in [0.1, 0.15) is 118 Å². The van der Waals surface area contributed by atoms with E-state index in [1.54, 1.807) is 46.3 Å². The normalized spacial score (nSPS) is 18.6. The van der Waals surface area contributed by atoms with Crippen LogP contribution in [0.25, 0.3) is 42.3 Å². The Kier molecular flexibility index (Phi) is 31.1. The van der Waals surface area contributed by atoms with Gasteiger partial charge in [-0.15, -0.1) is 45.3 Å². The lowest BCUT2D eigenvalue weighted by molar-refractivity contribution is -0.152. The zero-order chi connectivity index (χ0) is 77.6. The highest BCUT2D eigenvalue weighted by atomic mass is 32.1. The fraction of sp³-hybridized carbons (Fsp3) is 0.450. The van der Waals surface area contributed by atoms with E-state index in [4.69, 9.17) is 33.4 Å². The molecule has 108 heavy (non-hydrogen) atoms. The van der Waals surface area contributed by atoms with E-state index >= 15 is 0 Å². The molecule has 8 aromatic rings. The van der Waals surface area contributed by atoms with Crippen LogP contribution in [0.15, 0.2) is 143 Å². The summed E-state index contributed by atoms with van der Waals surface area (Å²) in [5.74, 6) is -2.77. The number of carboxylic acids is 2. The number of benzene rings is 4. The van der Waals surface area contributed by atoms with Crippen molar-refractivity contribution in [1.29, 1.82) is 0 Å². The van der Waals surface area contributed by atoms with E-state index in [1.165, 1.54) is 22.7 Å². The average Bonchev–Trinajstić information content (AvgIpc) is 1.67. The van der Waals surface area contributed by atoms with Gasteiger partial charge in [0, 0.05) is 69.5 Å². The minimum Gasteiger partial charge on any atom is -0.480 e. The number of thiazole rings is 4. The van der Waals surface area contributed by atoms with Crippen LogP contribution in [0.4, 0.5) is 0 Å². The van der Waals surface area contributed by atoms with Gasteiger partial charge in [-0.05, 0) is 63.2 Å². The number of cyclic esters (lactones) is 4. The van der Waals surface area contributed by atoms with Crippen LogP contribution in [0.2, 0.25) is 0 Å². The van der Waals surface area contributed by atoms with Gasteiger partial charge in [-0.2, -0.15) is 0 Å². The third-order valence-electron chi connectivity index (χ3n) is 18.1. The van der Waals surface area contributed by atoms with E-state index in [1.807, 2.05) is 194 Å². The molecule has 28 heteroatoms. The molecule has 4 aromatic carbocycles. The van der Waals surface area contributed by atoms with E-state index in [0.29, 0.717) is 69.8 Å². The summed E-state index contributed by atoms with van der Waals surface area (Å²) in [4.78, 5) is 123. The standard InChI is InChI=1S/2C21H26N2O4S.2C19H22N2O4S/c1-4-26-20(24)18(23-13-27-21(25)17(23)10-14(2)3)11-16-12-28-19(22-16)15-8-6-5-7-9-15;1-4-26-20(24)17(10-14(2)3)23-13-27-21(25)18(23)11-16-12-28-19(22-16)15-8-6-5-7-9-15;1-12(2)8-16-19(24)25-11-21(16)15(18(22)23)9-14-10-26-17(20-14)13-6-4-3-5-7-13;1-12(2)8-15(18(22)23)21-11-25-19(24)16(21)9-14-10-26-17(20-14)13-6-4-3-5-7-13/h2*5-9,12,14,17-18H,4,10-11,13H2,1-3H3;2*3-7,10,12,15-16H,8-9,11H2,1-2H3,(H,22,23)/t2*17-,18-;2*15-,16-/m0000/s1. The van der Waals surface area contributed by atoms with Crippen LogP contribution in [-0.4, -0.2) is 186 Å². The van der Waals surface area contributed by atoms with Crippen LogP contribution in [-0.2, 0) is 92.5 Å². The second kappa shape index (κ2) is 40.4. The van der Waals surface area contributed by atoms with Gasteiger partial charge in [0.1, 0.15) is 95.3 Å². The molecule has 8 atom stereocenters. The van der Waals surface area contributed by atoms with Crippen molar-refractivity contribution in [3.05, 3.63) is 166 Å². The number of ether oxygens (including phenoxy) is 6. The number of carbonyl (C=O) groups excluding carboxylic acids is 6. The van der Waals surface area contributed by atoms with Gasteiger partial charge in [0.15, 0.2) is 0 Å². The lowest BCUT2D eigenvalue weighted by Crippen LogP contribution is -2.48. The van der Waals surface area contributed by atoms with Crippen LogP contribution in [0.5, 0.6) is 0 Å². The minimum atomic E-state index is -0.966. The molecule has 0 aliphatic carbocycles. The lowest BCUT2D eigenvalue weighted by Gasteiger charge is -2.28. The van der Waals surface area contributed by atoms with Gasteiger partial charge in [-0.25, -0.2) is 39.5 Å². The molecule has 0 saturated carbocycles. The molecule has 4 aliphatic heterocycles. The first-order chi connectivity index (χ1) is 51.9. The molecule has 8 heterocycles. The maximum absolute atomic E-state index is 12.7. The van der Waals surface area contributed by atoms with Crippen molar-refractivity contribution in [2.24, 2.45) is 23.7 Å². The third-order valence-corrected chi connectivity index (χ3v) is 21.8. The monoisotopic (exact) mass is 1550 g/mol. The molecule has 0 unspecified atom stereocenters. The molecule has 2 N–H and O–H groups in total. The number of carboxylic acid groups (broad SMARTS) is 2. The molecule has 0 spiro atoms. The van der Waals surface area contributed by atoms with Crippen molar-refractivity contribution in [3.63, 3.8) is 0 Å². The highest BCUT2D eigenvalue weighted by molar-refractivity contribution is 7.14. The summed E-state index contributed by atoms with van der Waals surface area (Å²) in [7, 11) is 0. The Balaban J connectivity index is 0.000000166. The smallest absolute Gasteiger partial charge is 0.325 e. The minimum absolute atomic E-state index is 0.0167. The van der Waals surface area contributed by atoms with Crippen LogP contribution in [0.3, 0.4) is 0 Å². The molecular weight excluding hydrogens is 1460 g/mol. The number of rotatable bonds is 30. The van der Waals surface area contributed by atoms with Gasteiger partial charge >= 0.3 is 47.8 Å². The van der Waals surface area contributed by atoms with Gasteiger partial charge in [-0.1, -0.05) is 177 Å². The van der Waals surface area contributed by atoms with E-state index < -0.39 is 60.3 Å². The summed E-state index contributed by atoms with van der Waals surface area (Å²) in [6.07, 6.45) is 3.68. The summed E-state index contributed by atoms with van der Waals surface area (Å²) in [6.45, 7) is 20.6. The topological polar surface area (TPSA) is 297 Å². The first-order valence-electron chi connectivity index (χ1n) is 36.4. The first-order valence-corrected chi connectivity index (χ1v) is 39.9. The number of aliphatic carboxylic acids is 2. The van der Waals surface area contributed by atoms with Crippen molar-refractivity contribution in [3.8, 4) is 42.3 Å². The zero-order valence-electron chi connectivity index (χ0n) is 62.5. The largest absolute Gasteiger partial charge is 0.480 e. The first kappa shape index (κ1) is 83.0. The van der Waals surface area contributed by atoms with Crippen LogP contribution < -0.4 is 0 Å². The van der Waals surface area contributed by atoms with Gasteiger partial charge in [0.25, 0.3) is 0 Å². The van der Waals surface area contributed by atoms with E-state index in [-0.39, 0.29) is 86.9 Å². The van der Waals surface area contributed by atoms with Gasteiger partial charge in [0.05, 0.1) is 36.0 Å². The Morgan fingerprint density at radius 1 is 0.398 bits per heavy atom. The Labute approximate surface area is 646 Å². The number of esters is 6. The predicted octanol–water partition coefficient (Wildman–Crippen LogP) is 13.1. The number of carbonyl (C=O) groups is 8. The van der Waals surface area contributed by atoms with E-state index in [2.05, 4.69) is 28.8 Å². The van der Waals surface area contributed by atoms with Gasteiger partial charge in [0.2, 0.25) is 0 Å². The molecule has 4 aromatic heterocycles.